The Bertz CT molecular complexity index is 953. The molecular weight excluding hydrogens is 456 g/mol. The second kappa shape index (κ2) is 11.8. The number of methoxy groups -OCH3 is 1. The number of aromatic nitrogens is 1. The van der Waals surface area contributed by atoms with E-state index in [2.05, 4.69) is 21.6 Å². The number of pyridine rings is 1. The molecule has 0 radical (unpaired) electrons. The van der Waals surface area contributed by atoms with Crippen molar-refractivity contribution >= 4 is 40.2 Å². The number of likely N-dealkylation sites (tertiary alicyclic amines) is 1. The predicted octanol–water partition coefficient (Wildman–Crippen LogP) is 5.92. The van der Waals surface area contributed by atoms with Gasteiger partial charge in [0.25, 0.3) is 0 Å². The van der Waals surface area contributed by atoms with E-state index in [1.165, 1.54) is 25.0 Å². The van der Waals surface area contributed by atoms with Crippen molar-refractivity contribution in [3.63, 3.8) is 0 Å². The number of carboxylic acids is 1. The highest BCUT2D eigenvalue weighted by molar-refractivity contribution is 7.99. The molecule has 2 heterocycles. The average molecular weight is 491 g/mol. The zero-order valence-corrected chi connectivity index (χ0v) is 21.0. The molecule has 7 heteroatoms. The zero-order valence-electron chi connectivity index (χ0n) is 19.5. The SMILES string of the molecule is COc1ccc2ncc(Cl)c(CCCC3CCN(CCSC4CCC4)CC3CC(=O)O)c2c1. The number of carboxylic acid groups (broad SMARTS) is 1. The Labute approximate surface area is 206 Å². The molecule has 2 aliphatic rings. The second-order valence-corrected chi connectivity index (χ2v) is 11.3. The third kappa shape index (κ3) is 6.55. The van der Waals surface area contributed by atoms with Crippen LogP contribution in [0.1, 0.15) is 50.5 Å². The molecule has 1 aromatic carbocycles. The van der Waals surface area contributed by atoms with Crippen molar-refractivity contribution in [2.75, 3.05) is 32.5 Å². The van der Waals surface area contributed by atoms with Crippen LogP contribution in [0.5, 0.6) is 5.75 Å². The van der Waals surface area contributed by atoms with Gasteiger partial charge >= 0.3 is 5.97 Å². The van der Waals surface area contributed by atoms with Crippen LogP contribution in [0.25, 0.3) is 10.9 Å². The maximum Gasteiger partial charge on any atom is 0.303 e. The van der Waals surface area contributed by atoms with E-state index in [1.54, 1.807) is 13.3 Å². The standard InChI is InChI=1S/C26H35ClN2O3S/c1-32-20-8-9-25-23(15-20)22(24(27)16-28-25)7-2-4-18-10-11-29(17-19(18)14-26(30)31)12-13-33-21-5-3-6-21/h8-9,15-16,18-19,21H,2-7,10-14,17H2,1H3,(H,30,31). The van der Waals surface area contributed by atoms with E-state index in [4.69, 9.17) is 16.3 Å². The molecule has 5 nitrogen and oxygen atoms in total. The van der Waals surface area contributed by atoms with Crippen LogP contribution in [0.15, 0.2) is 24.4 Å². The van der Waals surface area contributed by atoms with Gasteiger partial charge < -0.3 is 14.7 Å². The minimum atomic E-state index is -0.675. The fourth-order valence-electron chi connectivity index (χ4n) is 5.20. The maximum absolute atomic E-state index is 11.6. The first kappa shape index (κ1) is 24.6. The third-order valence-corrected chi connectivity index (χ3v) is 9.05. The van der Waals surface area contributed by atoms with Gasteiger partial charge in [-0.2, -0.15) is 11.8 Å². The lowest BCUT2D eigenvalue weighted by Gasteiger charge is -2.38. The Morgan fingerprint density at radius 3 is 2.88 bits per heavy atom. The zero-order chi connectivity index (χ0) is 23.2. The number of thioether (sulfide) groups is 1. The molecule has 1 aliphatic heterocycles. The van der Waals surface area contributed by atoms with Gasteiger partial charge in [0.2, 0.25) is 0 Å². The summed E-state index contributed by atoms with van der Waals surface area (Å²) < 4.78 is 5.40. The first-order valence-corrected chi connectivity index (χ1v) is 13.6. The maximum atomic E-state index is 11.6. The average Bonchev–Trinajstić information content (AvgIpc) is 2.77. The lowest BCUT2D eigenvalue weighted by molar-refractivity contribution is -0.139. The second-order valence-electron chi connectivity index (χ2n) is 9.49. The molecule has 0 spiro atoms. The third-order valence-electron chi connectivity index (χ3n) is 7.36. The van der Waals surface area contributed by atoms with Crippen LogP contribution in [-0.4, -0.2) is 58.7 Å². The number of halogens is 1. The van der Waals surface area contributed by atoms with Gasteiger partial charge in [-0.3, -0.25) is 9.78 Å². The molecule has 4 rings (SSSR count). The van der Waals surface area contributed by atoms with Crippen molar-refractivity contribution in [3.05, 3.63) is 35.0 Å². The fourth-order valence-corrected chi connectivity index (χ4v) is 6.81. The predicted molar refractivity (Wildman–Crippen MR) is 137 cm³/mol. The number of nitrogens with zero attached hydrogens (tertiary/aromatic N) is 2. The Balaban J connectivity index is 1.34. The Hall–Kier alpha value is -1.50. The van der Waals surface area contributed by atoms with Crippen LogP contribution in [-0.2, 0) is 11.2 Å². The lowest BCUT2D eigenvalue weighted by Crippen LogP contribution is -2.42. The highest BCUT2D eigenvalue weighted by Gasteiger charge is 2.30. The van der Waals surface area contributed by atoms with Gasteiger partial charge in [0.1, 0.15) is 5.75 Å². The van der Waals surface area contributed by atoms with Crippen molar-refractivity contribution in [1.29, 1.82) is 0 Å². The molecule has 0 amide bonds. The van der Waals surface area contributed by atoms with Crippen LogP contribution in [0.4, 0.5) is 0 Å². The van der Waals surface area contributed by atoms with Crippen molar-refractivity contribution in [2.45, 2.75) is 56.6 Å². The number of hydrogen-bond donors (Lipinski definition) is 1. The Morgan fingerprint density at radius 1 is 1.30 bits per heavy atom. The molecule has 1 saturated carbocycles. The number of aryl methyl sites for hydroxylation is 1. The van der Waals surface area contributed by atoms with Crippen molar-refractivity contribution in [2.24, 2.45) is 11.8 Å². The summed E-state index contributed by atoms with van der Waals surface area (Å²) in [6.07, 6.45) is 10.1. The van der Waals surface area contributed by atoms with E-state index in [0.717, 1.165) is 72.8 Å². The van der Waals surface area contributed by atoms with Crippen LogP contribution in [0.2, 0.25) is 5.02 Å². The molecule has 1 saturated heterocycles. The van der Waals surface area contributed by atoms with Crippen LogP contribution >= 0.6 is 23.4 Å². The molecule has 2 fully saturated rings. The van der Waals surface area contributed by atoms with Gasteiger partial charge in [-0.25, -0.2) is 0 Å². The van der Waals surface area contributed by atoms with Gasteiger partial charge in [-0.05, 0) is 80.7 Å². The minimum absolute atomic E-state index is 0.231. The van der Waals surface area contributed by atoms with E-state index in [0.29, 0.717) is 10.9 Å². The molecule has 2 aromatic rings. The van der Waals surface area contributed by atoms with Gasteiger partial charge in [0, 0.05) is 42.1 Å². The molecule has 1 aromatic heterocycles. The van der Waals surface area contributed by atoms with Crippen molar-refractivity contribution in [1.82, 2.24) is 9.88 Å². The van der Waals surface area contributed by atoms with E-state index < -0.39 is 5.97 Å². The number of fused-ring (bicyclic) bond motifs is 1. The number of aliphatic carboxylic acids is 1. The van der Waals surface area contributed by atoms with Crippen molar-refractivity contribution in [3.8, 4) is 5.75 Å². The fraction of sp³-hybridized carbons (Fsp3) is 0.615. The summed E-state index contributed by atoms with van der Waals surface area (Å²) in [6.45, 7) is 3.09. The Kier molecular flexibility index (Phi) is 8.78. The summed E-state index contributed by atoms with van der Waals surface area (Å²) in [4.78, 5) is 18.5. The molecule has 1 aliphatic carbocycles. The number of benzene rings is 1. The summed E-state index contributed by atoms with van der Waals surface area (Å²) in [5, 5.41) is 12.1. The van der Waals surface area contributed by atoms with E-state index in [9.17, 15) is 9.90 Å². The van der Waals surface area contributed by atoms with Crippen LogP contribution in [0, 0.1) is 11.8 Å². The van der Waals surface area contributed by atoms with Gasteiger partial charge in [-0.1, -0.05) is 18.0 Å². The Morgan fingerprint density at radius 2 is 2.15 bits per heavy atom. The normalized spacial score (nSPS) is 21.8. The smallest absolute Gasteiger partial charge is 0.303 e. The van der Waals surface area contributed by atoms with E-state index >= 15 is 0 Å². The van der Waals surface area contributed by atoms with E-state index in [1.807, 2.05) is 18.2 Å². The molecule has 33 heavy (non-hydrogen) atoms. The highest BCUT2D eigenvalue weighted by Crippen LogP contribution is 2.34. The summed E-state index contributed by atoms with van der Waals surface area (Å²) in [5.74, 6) is 1.99. The highest BCUT2D eigenvalue weighted by atomic mass is 35.5. The first-order chi connectivity index (χ1) is 16.0. The quantitative estimate of drug-likeness (QED) is 0.422. The molecule has 2 unspecified atom stereocenters. The number of piperidine rings is 1. The monoisotopic (exact) mass is 490 g/mol. The summed E-state index contributed by atoms with van der Waals surface area (Å²) in [7, 11) is 1.67. The number of carbonyl (C=O) groups is 1. The molecule has 180 valence electrons. The topological polar surface area (TPSA) is 62.7 Å². The lowest BCUT2D eigenvalue weighted by atomic mass is 9.80. The van der Waals surface area contributed by atoms with Gasteiger partial charge in [0.05, 0.1) is 17.6 Å². The largest absolute Gasteiger partial charge is 0.497 e. The minimum Gasteiger partial charge on any atom is -0.497 e. The molecular formula is C26H35ClN2O3S. The number of ether oxygens (including phenoxy) is 1. The van der Waals surface area contributed by atoms with Gasteiger partial charge in [0.15, 0.2) is 0 Å². The first-order valence-electron chi connectivity index (χ1n) is 12.2. The molecule has 0 bridgehead atoms. The summed E-state index contributed by atoms with van der Waals surface area (Å²) in [5.41, 5.74) is 2.04. The van der Waals surface area contributed by atoms with Crippen LogP contribution in [0.3, 0.4) is 0 Å². The molecule has 2 atom stereocenters. The molecule has 1 N–H and O–H groups in total. The van der Waals surface area contributed by atoms with Crippen LogP contribution < -0.4 is 4.74 Å². The number of rotatable bonds is 11. The van der Waals surface area contributed by atoms with Gasteiger partial charge in [-0.15, -0.1) is 0 Å². The number of hydrogen-bond acceptors (Lipinski definition) is 5. The summed E-state index contributed by atoms with van der Waals surface area (Å²) in [6, 6.07) is 5.90. The van der Waals surface area contributed by atoms with E-state index in [-0.39, 0.29) is 12.3 Å². The van der Waals surface area contributed by atoms with Crippen molar-refractivity contribution < 1.29 is 14.6 Å². The summed E-state index contributed by atoms with van der Waals surface area (Å²) >= 11 is 8.64.